The van der Waals surface area contributed by atoms with Crippen LogP contribution in [0.25, 0.3) is 0 Å². The van der Waals surface area contributed by atoms with E-state index in [-0.39, 0.29) is 6.04 Å². The van der Waals surface area contributed by atoms with Crippen molar-refractivity contribution in [3.05, 3.63) is 43.9 Å². The third-order valence-corrected chi connectivity index (χ3v) is 4.22. The highest BCUT2D eigenvalue weighted by atomic mass is 127. The van der Waals surface area contributed by atoms with Crippen LogP contribution in [-0.2, 0) is 0 Å². The van der Waals surface area contributed by atoms with Gasteiger partial charge in [-0.2, -0.15) is 0 Å². The highest BCUT2D eigenvalue weighted by molar-refractivity contribution is 14.1. The number of anilines is 1. The molecule has 2 rings (SSSR count). The van der Waals surface area contributed by atoms with Crippen molar-refractivity contribution in [1.29, 1.82) is 0 Å². The Labute approximate surface area is 113 Å². The van der Waals surface area contributed by atoms with Gasteiger partial charge in [0, 0.05) is 14.6 Å². The summed E-state index contributed by atoms with van der Waals surface area (Å²) in [6.07, 6.45) is 0. The van der Waals surface area contributed by atoms with Crippen LogP contribution in [0.5, 0.6) is 0 Å². The Morgan fingerprint density at radius 2 is 2.25 bits per heavy atom. The molecule has 0 aliphatic heterocycles. The third-order valence-electron chi connectivity index (χ3n) is 2.45. The number of aryl methyl sites for hydroxylation is 1. The van der Waals surface area contributed by atoms with E-state index in [1.807, 2.05) is 5.51 Å². The average molecular weight is 344 g/mol. The van der Waals surface area contributed by atoms with Crippen molar-refractivity contribution in [2.45, 2.75) is 19.9 Å². The van der Waals surface area contributed by atoms with Gasteiger partial charge in [0.15, 0.2) is 0 Å². The molecule has 1 heterocycles. The molecule has 2 nitrogen and oxygen atoms in total. The lowest BCUT2D eigenvalue weighted by atomic mass is 10.2. The van der Waals surface area contributed by atoms with Gasteiger partial charge in [-0.1, -0.05) is 6.07 Å². The standard InChI is InChI=1S/C12H13IN2S/c1-8-3-4-10(5-11(8)13)15-9(2)12-6-16-7-14-12/h3-7,9,15H,1-2H3. The van der Waals surface area contributed by atoms with E-state index in [1.54, 1.807) is 11.3 Å². The first-order valence-corrected chi connectivity index (χ1v) is 7.10. The molecule has 0 bridgehead atoms. The largest absolute Gasteiger partial charge is 0.377 e. The quantitative estimate of drug-likeness (QED) is 0.843. The molecule has 0 saturated heterocycles. The zero-order valence-corrected chi connectivity index (χ0v) is 12.2. The molecular formula is C12H13IN2S. The second kappa shape index (κ2) is 5.14. The van der Waals surface area contributed by atoms with Gasteiger partial charge in [0.2, 0.25) is 0 Å². The molecule has 1 N–H and O–H groups in total. The molecule has 1 unspecified atom stereocenters. The van der Waals surface area contributed by atoms with E-state index in [1.165, 1.54) is 9.13 Å². The Balaban J connectivity index is 2.12. The van der Waals surface area contributed by atoms with E-state index < -0.39 is 0 Å². The number of hydrogen-bond donors (Lipinski definition) is 1. The van der Waals surface area contributed by atoms with Gasteiger partial charge in [0.25, 0.3) is 0 Å². The highest BCUT2D eigenvalue weighted by Gasteiger charge is 2.07. The number of rotatable bonds is 3. The number of thiazole rings is 1. The van der Waals surface area contributed by atoms with Crippen LogP contribution in [0, 0.1) is 10.5 Å². The van der Waals surface area contributed by atoms with Gasteiger partial charge in [0.05, 0.1) is 17.2 Å². The normalized spacial score (nSPS) is 12.4. The molecule has 1 atom stereocenters. The van der Waals surface area contributed by atoms with E-state index in [4.69, 9.17) is 0 Å². The summed E-state index contributed by atoms with van der Waals surface area (Å²) in [7, 11) is 0. The van der Waals surface area contributed by atoms with Crippen molar-refractivity contribution in [2.75, 3.05) is 5.32 Å². The molecule has 1 aromatic carbocycles. The van der Waals surface area contributed by atoms with Crippen LogP contribution in [0.3, 0.4) is 0 Å². The summed E-state index contributed by atoms with van der Waals surface area (Å²) < 4.78 is 1.29. The van der Waals surface area contributed by atoms with Crippen molar-refractivity contribution >= 4 is 39.6 Å². The van der Waals surface area contributed by atoms with Crippen molar-refractivity contribution in [2.24, 2.45) is 0 Å². The number of benzene rings is 1. The molecule has 16 heavy (non-hydrogen) atoms. The van der Waals surface area contributed by atoms with Crippen LogP contribution in [0.15, 0.2) is 29.1 Å². The van der Waals surface area contributed by atoms with E-state index in [0.717, 1.165) is 11.4 Å². The number of hydrogen-bond acceptors (Lipinski definition) is 3. The molecule has 0 saturated carbocycles. The monoisotopic (exact) mass is 344 g/mol. The Morgan fingerprint density at radius 1 is 1.44 bits per heavy atom. The van der Waals surface area contributed by atoms with Crippen molar-refractivity contribution in [3.8, 4) is 0 Å². The number of nitrogens with zero attached hydrogens (tertiary/aromatic N) is 1. The fourth-order valence-corrected chi connectivity index (χ4v) is 2.61. The second-order valence-corrected chi connectivity index (χ2v) is 5.62. The van der Waals surface area contributed by atoms with Crippen LogP contribution in [0.4, 0.5) is 5.69 Å². The lowest BCUT2D eigenvalue weighted by molar-refractivity contribution is 0.850. The average Bonchev–Trinajstić information content (AvgIpc) is 2.77. The maximum Gasteiger partial charge on any atom is 0.0795 e. The Morgan fingerprint density at radius 3 is 2.88 bits per heavy atom. The van der Waals surface area contributed by atoms with Gasteiger partial charge in [-0.05, 0) is 54.1 Å². The van der Waals surface area contributed by atoms with Crippen LogP contribution in [0.1, 0.15) is 24.2 Å². The van der Waals surface area contributed by atoms with Gasteiger partial charge in [-0.3, -0.25) is 0 Å². The predicted octanol–water partition coefficient (Wildman–Crippen LogP) is 4.23. The van der Waals surface area contributed by atoms with E-state index in [2.05, 4.69) is 70.3 Å². The summed E-state index contributed by atoms with van der Waals surface area (Å²) in [6.45, 7) is 4.25. The van der Waals surface area contributed by atoms with Gasteiger partial charge in [-0.25, -0.2) is 4.98 Å². The van der Waals surface area contributed by atoms with Crippen molar-refractivity contribution in [1.82, 2.24) is 4.98 Å². The van der Waals surface area contributed by atoms with Crippen LogP contribution < -0.4 is 5.32 Å². The second-order valence-electron chi connectivity index (χ2n) is 3.74. The lowest BCUT2D eigenvalue weighted by Crippen LogP contribution is -2.06. The van der Waals surface area contributed by atoms with E-state index in [9.17, 15) is 0 Å². The topological polar surface area (TPSA) is 24.9 Å². The maximum absolute atomic E-state index is 4.31. The molecule has 0 aliphatic rings. The molecule has 4 heteroatoms. The summed E-state index contributed by atoms with van der Waals surface area (Å²) in [5.41, 5.74) is 5.43. The predicted molar refractivity (Wildman–Crippen MR) is 78.0 cm³/mol. The zero-order chi connectivity index (χ0) is 11.5. The van der Waals surface area contributed by atoms with Crippen molar-refractivity contribution in [3.63, 3.8) is 0 Å². The molecule has 1 aromatic heterocycles. The fraction of sp³-hybridized carbons (Fsp3) is 0.250. The van der Waals surface area contributed by atoms with Gasteiger partial charge >= 0.3 is 0 Å². The first kappa shape index (κ1) is 11.9. The van der Waals surface area contributed by atoms with Gasteiger partial charge in [-0.15, -0.1) is 11.3 Å². The van der Waals surface area contributed by atoms with Crippen LogP contribution in [0.2, 0.25) is 0 Å². The Bertz CT molecular complexity index is 468. The molecule has 0 fully saturated rings. The molecule has 0 radical (unpaired) electrons. The van der Waals surface area contributed by atoms with Crippen LogP contribution in [-0.4, -0.2) is 4.98 Å². The summed E-state index contributed by atoms with van der Waals surface area (Å²) in [5.74, 6) is 0. The SMILES string of the molecule is Cc1ccc(NC(C)c2cscn2)cc1I. The molecular weight excluding hydrogens is 331 g/mol. The first-order chi connectivity index (χ1) is 7.66. The summed E-state index contributed by atoms with van der Waals surface area (Å²) >= 11 is 3.99. The zero-order valence-electron chi connectivity index (χ0n) is 9.20. The minimum atomic E-state index is 0.254. The molecule has 0 amide bonds. The summed E-state index contributed by atoms with van der Waals surface area (Å²) in [6, 6.07) is 6.67. The van der Waals surface area contributed by atoms with Gasteiger partial charge < -0.3 is 5.32 Å². The minimum absolute atomic E-state index is 0.254. The number of aromatic nitrogens is 1. The van der Waals surface area contributed by atoms with E-state index in [0.29, 0.717) is 0 Å². The molecule has 0 aliphatic carbocycles. The Hall–Kier alpha value is -0.620. The smallest absolute Gasteiger partial charge is 0.0795 e. The van der Waals surface area contributed by atoms with Crippen molar-refractivity contribution < 1.29 is 0 Å². The third kappa shape index (κ3) is 2.74. The molecule has 2 aromatic rings. The Kier molecular flexibility index (Phi) is 3.81. The summed E-state index contributed by atoms with van der Waals surface area (Å²) in [5, 5.41) is 5.53. The molecule has 84 valence electrons. The minimum Gasteiger partial charge on any atom is -0.377 e. The summed E-state index contributed by atoms with van der Waals surface area (Å²) in [4.78, 5) is 4.31. The molecule has 0 spiro atoms. The fourth-order valence-electron chi connectivity index (χ4n) is 1.44. The first-order valence-electron chi connectivity index (χ1n) is 5.07. The number of nitrogens with one attached hydrogen (secondary N) is 1. The lowest BCUT2D eigenvalue weighted by Gasteiger charge is -2.13. The maximum atomic E-state index is 4.31. The highest BCUT2D eigenvalue weighted by Crippen LogP contribution is 2.22. The van der Waals surface area contributed by atoms with E-state index >= 15 is 0 Å². The van der Waals surface area contributed by atoms with Crippen LogP contribution >= 0.6 is 33.9 Å². The number of halogens is 1. The van der Waals surface area contributed by atoms with Gasteiger partial charge in [0.1, 0.15) is 0 Å².